The van der Waals surface area contributed by atoms with Gasteiger partial charge in [-0.3, -0.25) is 14.3 Å². The number of anilines is 1. The molecule has 0 radical (unpaired) electrons. The molecule has 1 saturated heterocycles. The molecule has 35 heavy (non-hydrogen) atoms. The van der Waals surface area contributed by atoms with Gasteiger partial charge in [0.25, 0.3) is 11.8 Å². The molecular formula is C25H30N4O5S. The van der Waals surface area contributed by atoms with Crippen molar-refractivity contribution in [1.29, 1.82) is 0 Å². The van der Waals surface area contributed by atoms with Gasteiger partial charge in [0.1, 0.15) is 5.60 Å². The molecule has 1 aliphatic heterocycles. The Hall–Kier alpha value is -2.95. The number of piperazine rings is 1. The number of carbonyl (C=O) groups excluding carboxylic acids is 2. The van der Waals surface area contributed by atoms with Gasteiger partial charge in [0, 0.05) is 38.3 Å². The van der Waals surface area contributed by atoms with Crippen LogP contribution in [0.5, 0.6) is 0 Å². The van der Waals surface area contributed by atoms with Gasteiger partial charge in [-0.1, -0.05) is 18.2 Å². The fourth-order valence-corrected chi connectivity index (χ4v) is 5.81. The van der Waals surface area contributed by atoms with Crippen LogP contribution in [0.4, 0.5) is 5.69 Å². The first kappa shape index (κ1) is 23.8. The fraction of sp³-hybridized carbons (Fsp3) is 0.440. The van der Waals surface area contributed by atoms with Crippen molar-refractivity contribution < 1.29 is 23.1 Å². The van der Waals surface area contributed by atoms with E-state index in [0.29, 0.717) is 68.7 Å². The summed E-state index contributed by atoms with van der Waals surface area (Å²) in [4.78, 5) is 28.6. The summed E-state index contributed by atoms with van der Waals surface area (Å²) in [5.74, 6) is -0.321. The van der Waals surface area contributed by atoms with Gasteiger partial charge in [0.15, 0.2) is 0 Å². The topological polar surface area (TPSA) is 133 Å². The lowest BCUT2D eigenvalue weighted by molar-refractivity contribution is -0.143. The summed E-state index contributed by atoms with van der Waals surface area (Å²) in [5.41, 5.74) is 8.24. The Morgan fingerprint density at radius 1 is 0.971 bits per heavy atom. The molecule has 2 aliphatic carbocycles. The zero-order chi connectivity index (χ0) is 24.8. The van der Waals surface area contributed by atoms with Gasteiger partial charge in [0.2, 0.25) is 10.0 Å². The third kappa shape index (κ3) is 4.91. The number of nitrogens with one attached hydrogen (secondary N) is 1. The molecule has 2 saturated carbocycles. The Bertz CT molecular complexity index is 1250. The molecule has 3 fully saturated rings. The second kappa shape index (κ2) is 8.92. The SMILES string of the molecule is NCc1cc(-c2ccc(C(=O)N3CCN(C(=O)C4(O)CC4)CC3)cc2)ccc1NS(=O)(=O)C1CC1. The van der Waals surface area contributed by atoms with Gasteiger partial charge < -0.3 is 20.6 Å². The first-order valence-electron chi connectivity index (χ1n) is 12.0. The molecule has 9 nitrogen and oxygen atoms in total. The number of sulfonamides is 1. The molecule has 0 spiro atoms. The molecule has 0 aromatic heterocycles. The van der Waals surface area contributed by atoms with Crippen LogP contribution in [0.25, 0.3) is 11.1 Å². The zero-order valence-electron chi connectivity index (χ0n) is 19.4. The minimum atomic E-state index is -3.37. The van der Waals surface area contributed by atoms with Crippen molar-refractivity contribution >= 4 is 27.5 Å². The van der Waals surface area contributed by atoms with E-state index in [1.165, 1.54) is 0 Å². The molecule has 0 atom stereocenters. The molecule has 2 amide bonds. The monoisotopic (exact) mass is 498 g/mol. The number of nitrogens with two attached hydrogens (primary N) is 1. The van der Waals surface area contributed by atoms with E-state index in [2.05, 4.69) is 4.72 Å². The number of hydrogen-bond acceptors (Lipinski definition) is 6. The van der Waals surface area contributed by atoms with Gasteiger partial charge in [-0.05, 0) is 66.6 Å². The lowest BCUT2D eigenvalue weighted by Crippen LogP contribution is -2.53. The van der Waals surface area contributed by atoms with Crippen LogP contribution < -0.4 is 10.5 Å². The molecular weight excluding hydrogens is 468 g/mol. The third-order valence-electron chi connectivity index (χ3n) is 6.98. The maximum absolute atomic E-state index is 13.0. The van der Waals surface area contributed by atoms with Crippen molar-refractivity contribution in [1.82, 2.24) is 9.80 Å². The Balaban J connectivity index is 1.24. The number of amides is 2. The normalized spacial score (nSPS) is 19.4. The highest BCUT2D eigenvalue weighted by Gasteiger charge is 2.50. The smallest absolute Gasteiger partial charge is 0.254 e. The lowest BCUT2D eigenvalue weighted by Gasteiger charge is -2.35. The Morgan fingerprint density at radius 2 is 1.57 bits per heavy atom. The maximum Gasteiger partial charge on any atom is 0.254 e. The second-order valence-electron chi connectivity index (χ2n) is 9.62. The van der Waals surface area contributed by atoms with Gasteiger partial charge in [0.05, 0.1) is 10.9 Å². The van der Waals surface area contributed by atoms with Gasteiger partial charge >= 0.3 is 0 Å². The van der Waals surface area contributed by atoms with Crippen molar-refractivity contribution in [3.8, 4) is 11.1 Å². The summed E-state index contributed by atoms with van der Waals surface area (Å²) < 4.78 is 27.3. The van der Waals surface area contributed by atoms with Crippen molar-refractivity contribution in [2.45, 2.75) is 43.1 Å². The van der Waals surface area contributed by atoms with E-state index in [1.54, 1.807) is 28.0 Å². The fourth-order valence-electron chi connectivity index (χ4n) is 4.38. The molecule has 4 N–H and O–H groups in total. The van der Waals surface area contributed by atoms with E-state index in [9.17, 15) is 23.1 Å². The van der Waals surface area contributed by atoms with Gasteiger partial charge in [-0.2, -0.15) is 0 Å². The van der Waals surface area contributed by atoms with Crippen LogP contribution in [0, 0.1) is 0 Å². The van der Waals surface area contributed by atoms with Crippen LogP contribution in [0.15, 0.2) is 42.5 Å². The summed E-state index contributed by atoms with van der Waals surface area (Å²) in [5, 5.41) is 9.72. The standard InChI is InChI=1S/C25H30N4O5S/c26-16-20-15-19(5-8-22(20)27-35(33,34)21-6-7-21)17-1-3-18(4-2-17)23(30)28-11-13-29(14-12-28)24(31)25(32)9-10-25/h1-5,8,15,21,27,32H,6-7,9-14,16,26H2. The molecule has 0 unspecified atom stereocenters. The highest BCUT2D eigenvalue weighted by Crippen LogP contribution is 2.37. The van der Waals surface area contributed by atoms with E-state index in [-0.39, 0.29) is 23.6 Å². The average Bonchev–Trinajstić information content (AvgIpc) is 3.80. The van der Waals surface area contributed by atoms with Gasteiger partial charge in [-0.15, -0.1) is 0 Å². The molecule has 186 valence electrons. The van der Waals surface area contributed by atoms with E-state index >= 15 is 0 Å². The lowest BCUT2D eigenvalue weighted by atomic mass is 10.0. The van der Waals surface area contributed by atoms with E-state index in [0.717, 1.165) is 11.1 Å². The first-order valence-corrected chi connectivity index (χ1v) is 13.5. The maximum atomic E-state index is 13.0. The highest BCUT2D eigenvalue weighted by molar-refractivity contribution is 7.93. The number of hydrogen-bond donors (Lipinski definition) is 3. The van der Waals surface area contributed by atoms with E-state index in [4.69, 9.17) is 5.73 Å². The largest absolute Gasteiger partial charge is 0.380 e. The third-order valence-corrected chi connectivity index (χ3v) is 8.84. The van der Waals surface area contributed by atoms with E-state index in [1.807, 2.05) is 24.3 Å². The average molecular weight is 499 g/mol. The minimum Gasteiger partial charge on any atom is -0.380 e. The number of rotatable bonds is 7. The minimum absolute atomic E-state index is 0.0961. The summed E-state index contributed by atoms with van der Waals surface area (Å²) in [6.07, 6.45) is 2.41. The van der Waals surface area contributed by atoms with Crippen LogP contribution in [-0.2, 0) is 21.4 Å². The number of aliphatic hydroxyl groups is 1. The summed E-state index contributed by atoms with van der Waals surface area (Å²) in [7, 11) is -3.37. The van der Waals surface area contributed by atoms with Crippen molar-refractivity contribution in [2.75, 3.05) is 30.9 Å². The zero-order valence-corrected chi connectivity index (χ0v) is 20.3. The Labute approximate surface area is 205 Å². The van der Waals surface area contributed by atoms with Crippen LogP contribution in [0.1, 0.15) is 41.6 Å². The molecule has 2 aromatic rings. The van der Waals surface area contributed by atoms with Crippen LogP contribution in [-0.4, -0.2) is 72.2 Å². The number of benzene rings is 2. The molecule has 0 bridgehead atoms. The predicted molar refractivity (Wildman–Crippen MR) is 132 cm³/mol. The summed E-state index contributed by atoms with van der Waals surface area (Å²) >= 11 is 0. The number of carbonyl (C=O) groups is 2. The van der Waals surface area contributed by atoms with E-state index < -0.39 is 15.6 Å². The Kier molecular flexibility index (Phi) is 6.06. The first-order chi connectivity index (χ1) is 16.7. The Morgan fingerprint density at radius 3 is 2.14 bits per heavy atom. The number of nitrogens with zero attached hydrogens (tertiary/aromatic N) is 2. The van der Waals surface area contributed by atoms with Crippen molar-refractivity contribution in [3.63, 3.8) is 0 Å². The predicted octanol–water partition coefficient (Wildman–Crippen LogP) is 1.53. The molecule has 2 aromatic carbocycles. The van der Waals surface area contributed by atoms with Crippen LogP contribution in [0.3, 0.4) is 0 Å². The quantitative estimate of drug-likeness (QED) is 0.530. The van der Waals surface area contributed by atoms with Gasteiger partial charge in [-0.25, -0.2) is 8.42 Å². The molecule has 10 heteroatoms. The molecule has 1 heterocycles. The highest BCUT2D eigenvalue weighted by atomic mass is 32.2. The molecule has 3 aliphatic rings. The summed E-state index contributed by atoms with van der Waals surface area (Å²) in [6.45, 7) is 1.90. The van der Waals surface area contributed by atoms with Crippen LogP contribution >= 0.6 is 0 Å². The van der Waals surface area contributed by atoms with Crippen molar-refractivity contribution in [2.24, 2.45) is 5.73 Å². The van der Waals surface area contributed by atoms with Crippen molar-refractivity contribution in [3.05, 3.63) is 53.6 Å². The molecule has 5 rings (SSSR count). The summed E-state index contributed by atoms with van der Waals surface area (Å²) in [6, 6.07) is 12.7. The van der Waals surface area contributed by atoms with Crippen LogP contribution in [0.2, 0.25) is 0 Å². The second-order valence-corrected chi connectivity index (χ2v) is 11.6.